The molecule has 0 atom stereocenters. The summed E-state index contributed by atoms with van der Waals surface area (Å²) in [4.78, 5) is 6.87. The number of imidazole rings is 1. The van der Waals surface area contributed by atoms with Crippen molar-refractivity contribution in [3.05, 3.63) is 53.9 Å². The van der Waals surface area contributed by atoms with Crippen molar-refractivity contribution in [1.82, 2.24) is 14.5 Å². The minimum atomic E-state index is 0.163. The molecule has 0 unspecified atom stereocenters. The van der Waals surface area contributed by atoms with Gasteiger partial charge in [-0.15, -0.1) is 0 Å². The number of aromatic nitrogens is 2. The number of hydrogen-bond acceptors (Lipinski definition) is 5. The van der Waals surface area contributed by atoms with Crippen molar-refractivity contribution in [3.63, 3.8) is 0 Å². The normalized spacial score (nSPS) is 15.0. The molecule has 1 aromatic heterocycles. The Labute approximate surface area is 188 Å². The Hall–Kier alpha value is -3.48. The number of ether oxygens (including phenoxy) is 1. The Morgan fingerprint density at radius 1 is 1.25 bits per heavy atom. The Morgan fingerprint density at radius 3 is 2.75 bits per heavy atom. The fourth-order valence-corrected chi connectivity index (χ4v) is 4.19. The molecule has 2 aromatic carbocycles. The van der Waals surface area contributed by atoms with Gasteiger partial charge in [-0.05, 0) is 37.3 Å². The molecule has 0 radical (unpaired) electrons. The molecule has 0 saturated carbocycles. The molecule has 0 bridgehead atoms. The molecule has 4 N–H and O–H groups in total. The number of anilines is 1. The molecular formula is C25H31N5O2. The van der Waals surface area contributed by atoms with Gasteiger partial charge in [0, 0.05) is 56.2 Å². The molecule has 1 aliphatic rings. The number of aryl methyl sites for hydroxylation is 1. The smallest absolute Gasteiger partial charge is 0.122 e. The number of piperidine rings is 1. The number of nitrogens with two attached hydrogens (primary N) is 1. The first-order valence-electron chi connectivity index (χ1n) is 11.2. The number of benzene rings is 2. The number of aromatic hydroxyl groups is 1. The maximum absolute atomic E-state index is 10.0. The molecule has 1 saturated heterocycles. The van der Waals surface area contributed by atoms with E-state index in [1.54, 1.807) is 18.2 Å². The summed E-state index contributed by atoms with van der Waals surface area (Å²) in [5, 5.41) is 17.8. The van der Waals surface area contributed by atoms with Crippen molar-refractivity contribution in [3.8, 4) is 11.5 Å². The first kappa shape index (κ1) is 21.7. The summed E-state index contributed by atoms with van der Waals surface area (Å²) in [5.74, 6) is 2.69. The zero-order valence-corrected chi connectivity index (χ0v) is 18.7. The molecule has 0 amide bonds. The van der Waals surface area contributed by atoms with E-state index in [4.69, 9.17) is 20.9 Å². The molecule has 7 nitrogen and oxygen atoms in total. The monoisotopic (exact) mass is 433 g/mol. The fourth-order valence-electron chi connectivity index (χ4n) is 4.19. The molecule has 0 aliphatic carbocycles. The maximum Gasteiger partial charge on any atom is 0.122 e. The van der Waals surface area contributed by atoms with Crippen LogP contribution in [0.2, 0.25) is 0 Å². The molecule has 2 heterocycles. The van der Waals surface area contributed by atoms with Crippen LogP contribution < -0.4 is 10.5 Å². The van der Waals surface area contributed by atoms with Crippen LogP contribution in [0.3, 0.4) is 0 Å². The molecular weight excluding hydrogens is 402 g/mol. The molecule has 0 spiro atoms. The highest BCUT2D eigenvalue weighted by Gasteiger charge is 2.21. The summed E-state index contributed by atoms with van der Waals surface area (Å²) in [6, 6.07) is 11.1. The number of phenolic OH excluding ortho intramolecular Hbond substituents is 1. The van der Waals surface area contributed by atoms with Gasteiger partial charge < -0.3 is 25.0 Å². The quantitative estimate of drug-likeness (QED) is 0.231. The number of amidine groups is 1. The van der Waals surface area contributed by atoms with E-state index in [2.05, 4.69) is 22.5 Å². The van der Waals surface area contributed by atoms with Gasteiger partial charge in [-0.3, -0.25) is 5.41 Å². The fraction of sp³-hybridized carbons (Fsp3) is 0.360. The third-order valence-electron chi connectivity index (χ3n) is 5.97. The lowest BCUT2D eigenvalue weighted by Crippen LogP contribution is -2.40. The third kappa shape index (κ3) is 4.72. The number of fused-ring (bicyclic) bond motifs is 1. The van der Waals surface area contributed by atoms with E-state index in [-0.39, 0.29) is 11.9 Å². The van der Waals surface area contributed by atoms with Crippen molar-refractivity contribution in [1.29, 1.82) is 5.41 Å². The van der Waals surface area contributed by atoms with E-state index in [1.807, 2.05) is 31.2 Å². The highest BCUT2D eigenvalue weighted by molar-refractivity contribution is 5.78. The number of nitrogens with one attached hydrogen (secondary N) is 1. The average molecular weight is 434 g/mol. The summed E-state index contributed by atoms with van der Waals surface area (Å²) in [5.41, 5.74) is 9.14. The largest absolute Gasteiger partial charge is 0.507 e. The predicted molar refractivity (Wildman–Crippen MR) is 129 cm³/mol. The van der Waals surface area contributed by atoms with E-state index in [1.165, 1.54) is 0 Å². The number of likely N-dealkylation sites (tertiary alicyclic amines) is 1. The van der Waals surface area contributed by atoms with Gasteiger partial charge in [0.15, 0.2) is 0 Å². The van der Waals surface area contributed by atoms with Crippen molar-refractivity contribution in [2.24, 2.45) is 0 Å². The van der Waals surface area contributed by atoms with Crippen LogP contribution in [0.25, 0.3) is 17.1 Å². The van der Waals surface area contributed by atoms with Crippen LogP contribution in [0.4, 0.5) is 5.69 Å². The van der Waals surface area contributed by atoms with E-state index in [9.17, 15) is 5.11 Å². The summed E-state index contributed by atoms with van der Waals surface area (Å²) in [7, 11) is 0. The van der Waals surface area contributed by atoms with E-state index >= 15 is 0 Å². The van der Waals surface area contributed by atoms with Crippen LogP contribution in [0.15, 0.2) is 42.5 Å². The van der Waals surface area contributed by atoms with Crippen LogP contribution >= 0.6 is 0 Å². The number of hydrogen-bond donors (Lipinski definition) is 3. The molecule has 3 aromatic rings. The lowest BCUT2D eigenvalue weighted by atomic mass is 10.1. The van der Waals surface area contributed by atoms with Gasteiger partial charge in [-0.25, -0.2) is 4.98 Å². The molecule has 7 heteroatoms. The van der Waals surface area contributed by atoms with E-state index in [0.717, 1.165) is 55.0 Å². The summed E-state index contributed by atoms with van der Waals surface area (Å²) < 4.78 is 8.47. The predicted octanol–water partition coefficient (Wildman–Crippen LogP) is 4.44. The first-order valence-corrected chi connectivity index (χ1v) is 11.2. The summed E-state index contributed by atoms with van der Waals surface area (Å²) in [6.07, 6.45) is 6.72. The van der Waals surface area contributed by atoms with Crippen molar-refractivity contribution < 1.29 is 9.84 Å². The molecule has 1 aliphatic heterocycles. The SMILES string of the molecule is CCc1nc2ccc(OC3CCN(C(C)=N)CC3)cc2n1C/C=C/c1cc(N)ccc1O. The Kier molecular flexibility index (Phi) is 6.35. The highest BCUT2D eigenvalue weighted by atomic mass is 16.5. The maximum atomic E-state index is 10.0. The number of allylic oxidation sites excluding steroid dienone is 1. The molecule has 1 fully saturated rings. The third-order valence-corrected chi connectivity index (χ3v) is 5.97. The van der Waals surface area contributed by atoms with Crippen molar-refractivity contribution >= 4 is 28.6 Å². The number of nitrogens with zero attached hydrogens (tertiary/aromatic N) is 3. The van der Waals surface area contributed by atoms with Crippen LogP contribution in [0.5, 0.6) is 11.5 Å². The van der Waals surface area contributed by atoms with Gasteiger partial charge in [0.25, 0.3) is 0 Å². The van der Waals surface area contributed by atoms with Crippen LogP contribution in [-0.4, -0.2) is 44.6 Å². The Bertz CT molecular complexity index is 1140. The Morgan fingerprint density at radius 2 is 2.03 bits per heavy atom. The topological polar surface area (TPSA) is 100 Å². The molecule has 168 valence electrons. The zero-order valence-electron chi connectivity index (χ0n) is 18.7. The average Bonchev–Trinajstić information content (AvgIpc) is 3.13. The second kappa shape index (κ2) is 9.34. The second-order valence-electron chi connectivity index (χ2n) is 8.25. The number of phenols is 1. The number of rotatable bonds is 6. The lowest BCUT2D eigenvalue weighted by molar-refractivity contribution is 0.130. The molecule has 32 heavy (non-hydrogen) atoms. The van der Waals surface area contributed by atoms with Crippen LogP contribution in [-0.2, 0) is 13.0 Å². The standard InChI is InChI=1S/C25H31N5O2/c1-3-25-28-22-8-7-21(32-20-10-13-29(14-11-20)17(2)26)16-23(22)30(25)12-4-5-18-15-19(27)6-9-24(18)31/h4-9,15-16,20,26,31H,3,10-14,27H2,1-2H3/b5-4+,26-17?. The zero-order chi connectivity index (χ0) is 22.7. The van der Waals surface area contributed by atoms with Crippen molar-refractivity contribution in [2.75, 3.05) is 18.8 Å². The van der Waals surface area contributed by atoms with Gasteiger partial charge in [-0.2, -0.15) is 0 Å². The summed E-state index contributed by atoms with van der Waals surface area (Å²) >= 11 is 0. The van der Waals surface area contributed by atoms with E-state index in [0.29, 0.717) is 23.6 Å². The van der Waals surface area contributed by atoms with E-state index < -0.39 is 0 Å². The number of nitrogen functional groups attached to an aromatic ring is 1. The minimum Gasteiger partial charge on any atom is -0.507 e. The van der Waals surface area contributed by atoms with Crippen LogP contribution in [0.1, 0.15) is 38.1 Å². The molecule has 4 rings (SSSR count). The van der Waals surface area contributed by atoms with Crippen LogP contribution in [0, 0.1) is 5.41 Å². The van der Waals surface area contributed by atoms with Gasteiger partial charge in [-0.1, -0.05) is 19.1 Å². The van der Waals surface area contributed by atoms with Gasteiger partial charge in [0.2, 0.25) is 0 Å². The highest BCUT2D eigenvalue weighted by Crippen LogP contribution is 2.26. The minimum absolute atomic E-state index is 0.163. The van der Waals surface area contributed by atoms with Gasteiger partial charge in [0.1, 0.15) is 23.4 Å². The Balaban J connectivity index is 1.52. The van der Waals surface area contributed by atoms with Gasteiger partial charge in [0.05, 0.1) is 16.9 Å². The summed E-state index contributed by atoms with van der Waals surface area (Å²) in [6.45, 7) is 6.30. The first-order chi connectivity index (χ1) is 15.4. The second-order valence-corrected chi connectivity index (χ2v) is 8.25. The lowest BCUT2D eigenvalue weighted by Gasteiger charge is -2.32. The van der Waals surface area contributed by atoms with Crippen molar-refractivity contribution in [2.45, 2.75) is 45.8 Å². The van der Waals surface area contributed by atoms with Gasteiger partial charge >= 0.3 is 0 Å².